The van der Waals surface area contributed by atoms with E-state index in [1.807, 2.05) is 0 Å². The SMILES string of the molecule is CN(C(=O)OC(C)(C)C)[C@@H](Cc1ccc(O)cc1)C(=O)N1CCN(C(=O)c2ccc(F)cc2)CC1. The van der Waals surface area contributed by atoms with Gasteiger partial charge in [0.2, 0.25) is 5.91 Å². The molecular weight excluding hydrogens is 453 g/mol. The van der Waals surface area contributed by atoms with E-state index < -0.39 is 23.6 Å². The van der Waals surface area contributed by atoms with Crippen LogP contribution in [0, 0.1) is 5.82 Å². The Hall–Kier alpha value is -3.62. The van der Waals surface area contributed by atoms with Gasteiger partial charge in [0.25, 0.3) is 5.91 Å². The fourth-order valence-corrected chi connectivity index (χ4v) is 3.82. The Labute approximate surface area is 204 Å². The lowest BCUT2D eigenvalue weighted by molar-refractivity contribution is -0.138. The number of carbonyl (C=O) groups is 3. The van der Waals surface area contributed by atoms with Crippen LogP contribution in [-0.2, 0) is 16.0 Å². The summed E-state index contributed by atoms with van der Waals surface area (Å²) in [4.78, 5) is 43.6. The number of benzene rings is 2. The highest BCUT2D eigenvalue weighted by Crippen LogP contribution is 2.19. The minimum Gasteiger partial charge on any atom is -0.508 e. The molecule has 1 N–H and O–H groups in total. The van der Waals surface area contributed by atoms with Crippen LogP contribution in [0.2, 0.25) is 0 Å². The van der Waals surface area contributed by atoms with Gasteiger partial charge in [-0.15, -0.1) is 0 Å². The molecular formula is C26H32FN3O5. The highest BCUT2D eigenvalue weighted by atomic mass is 19.1. The zero-order valence-electron chi connectivity index (χ0n) is 20.5. The average molecular weight is 486 g/mol. The first kappa shape index (κ1) is 26.0. The third kappa shape index (κ3) is 6.94. The Bertz CT molecular complexity index is 1040. The van der Waals surface area contributed by atoms with Crippen molar-refractivity contribution in [2.24, 2.45) is 0 Å². The Morgan fingerprint density at radius 2 is 1.51 bits per heavy atom. The molecule has 0 spiro atoms. The second kappa shape index (κ2) is 10.8. The second-order valence-electron chi connectivity index (χ2n) is 9.60. The number of phenols is 1. The number of halogens is 1. The van der Waals surface area contributed by atoms with E-state index in [1.54, 1.807) is 42.7 Å². The molecule has 1 atom stereocenters. The van der Waals surface area contributed by atoms with E-state index in [2.05, 4.69) is 0 Å². The van der Waals surface area contributed by atoms with Crippen molar-refractivity contribution in [3.8, 4) is 5.75 Å². The Morgan fingerprint density at radius 1 is 0.971 bits per heavy atom. The quantitative estimate of drug-likeness (QED) is 0.702. The molecule has 1 heterocycles. The molecule has 0 aliphatic carbocycles. The summed E-state index contributed by atoms with van der Waals surface area (Å²) in [5.74, 6) is -0.770. The molecule has 3 amide bonds. The molecule has 0 saturated carbocycles. The van der Waals surface area contributed by atoms with E-state index in [0.29, 0.717) is 31.7 Å². The molecule has 35 heavy (non-hydrogen) atoms. The van der Waals surface area contributed by atoms with Gasteiger partial charge in [0, 0.05) is 45.2 Å². The second-order valence-corrected chi connectivity index (χ2v) is 9.60. The molecule has 9 heteroatoms. The van der Waals surface area contributed by atoms with Crippen molar-refractivity contribution in [2.45, 2.75) is 38.8 Å². The Kier molecular flexibility index (Phi) is 7.99. The molecule has 0 unspecified atom stereocenters. The Balaban J connectivity index is 1.71. The number of carbonyl (C=O) groups excluding carboxylic acids is 3. The van der Waals surface area contributed by atoms with Crippen molar-refractivity contribution in [3.05, 3.63) is 65.5 Å². The predicted molar refractivity (Wildman–Crippen MR) is 128 cm³/mol. The Morgan fingerprint density at radius 3 is 2.06 bits per heavy atom. The maximum absolute atomic E-state index is 13.5. The standard InChI is InChI=1S/C26H32FN3O5/c1-26(2,3)35-25(34)28(4)22(17-18-5-11-21(31)12-6-18)24(33)30-15-13-29(14-16-30)23(32)19-7-9-20(27)10-8-19/h5-12,22,31H,13-17H2,1-4H3/t22-/m0/s1. The number of likely N-dealkylation sites (N-methyl/N-ethyl adjacent to an activating group) is 1. The summed E-state index contributed by atoms with van der Waals surface area (Å²) in [6, 6.07) is 11.0. The largest absolute Gasteiger partial charge is 0.508 e. The van der Waals surface area contributed by atoms with Crippen LogP contribution in [0.4, 0.5) is 9.18 Å². The molecule has 2 aromatic rings. The van der Waals surface area contributed by atoms with Gasteiger partial charge in [0.05, 0.1) is 0 Å². The fourth-order valence-electron chi connectivity index (χ4n) is 3.82. The minimum atomic E-state index is -0.825. The van der Waals surface area contributed by atoms with Crippen LogP contribution in [0.1, 0.15) is 36.7 Å². The molecule has 0 radical (unpaired) electrons. The van der Waals surface area contributed by atoms with Crippen LogP contribution in [0.3, 0.4) is 0 Å². The lowest BCUT2D eigenvalue weighted by Gasteiger charge is -2.38. The van der Waals surface area contributed by atoms with E-state index in [4.69, 9.17) is 4.74 Å². The lowest BCUT2D eigenvalue weighted by atomic mass is 10.0. The highest BCUT2D eigenvalue weighted by Gasteiger charge is 2.35. The topological polar surface area (TPSA) is 90.4 Å². The average Bonchev–Trinajstić information content (AvgIpc) is 2.82. The van der Waals surface area contributed by atoms with Gasteiger partial charge in [-0.2, -0.15) is 0 Å². The van der Waals surface area contributed by atoms with Crippen molar-refractivity contribution in [1.82, 2.24) is 14.7 Å². The lowest BCUT2D eigenvalue weighted by Crippen LogP contribution is -2.57. The van der Waals surface area contributed by atoms with E-state index in [0.717, 1.165) is 5.56 Å². The zero-order chi connectivity index (χ0) is 25.8. The first-order valence-electron chi connectivity index (χ1n) is 11.5. The number of hydrogen-bond donors (Lipinski definition) is 1. The van der Waals surface area contributed by atoms with Crippen molar-refractivity contribution in [1.29, 1.82) is 0 Å². The number of amides is 3. The maximum Gasteiger partial charge on any atom is 0.410 e. The summed E-state index contributed by atoms with van der Waals surface area (Å²) >= 11 is 0. The first-order valence-corrected chi connectivity index (χ1v) is 11.5. The molecule has 0 bridgehead atoms. The number of phenolic OH excluding ortho intramolecular Hbond substituents is 1. The van der Waals surface area contributed by atoms with Crippen molar-refractivity contribution in [2.75, 3.05) is 33.2 Å². The summed E-state index contributed by atoms with van der Waals surface area (Å²) in [6.45, 7) is 6.53. The molecule has 1 aliphatic rings. The van der Waals surface area contributed by atoms with Crippen LogP contribution < -0.4 is 0 Å². The number of aromatic hydroxyl groups is 1. The zero-order valence-corrected chi connectivity index (χ0v) is 20.5. The fraction of sp³-hybridized carbons (Fsp3) is 0.423. The number of ether oxygens (including phenoxy) is 1. The van der Waals surface area contributed by atoms with Gasteiger partial charge in [-0.3, -0.25) is 14.5 Å². The molecule has 1 aliphatic heterocycles. The van der Waals surface area contributed by atoms with E-state index in [9.17, 15) is 23.9 Å². The molecule has 1 fully saturated rings. The van der Waals surface area contributed by atoms with E-state index >= 15 is 0 Å². The van der Waals surface area contributed by atoms with E-state index in [1.165, 1.54) is 48.3 Å². The number of piperazine rings is 1. The van der Waals surface area contributed by atoms with Gasteiger partial charge >= 0.3 is 6.09 Å². The molecule has 2 aromatic carbocycles. The summed E-state index contributed by atoms with van der Waals surface area (Å²) in [6.07, 6.45) is -0.372. The van der Waals surface area contributed by atoms with Crippen molar-refractivity contribution >= 4 is 17.9 Å². The summed E-state index contributed by atoms with van der Waals surface area (Å²) in [5, 5.41) is 9.58. The van der Waals surface area contributed by atoms with Gasteiger partial charge in [0.15, 0.2) is 0 Å². The number of rotatable bonds is 5. The van der Waals surface area contributed by atoms with Gasteiger partial charge in [-0.25, -0.2) is 9.18 Å². The van der Waals surface area contributed by atoms with E-state index in [-0.39, 0.29) is 24.0 Å². The summed E-state index contributed by atoms with van der Waals surface area (Å²) in [5.41, 5.74) is 0.451. The molecule has 188 valence electrons. The van der Waals surface area contributed by atoms with Crippen LogP contribution in [-0.4, -0.2) is 82.6 Å². The maximum atomic E-state index is 13.5. The molecule has 1 saturated heterocycles. The molecule has 3 rings (SSSR count). The molecule has 8 nitrogen and oxygen atoms in total. The van der Waals surface area contributed by atoms with Gasteiger partial charge < -0.3 is 19.6 Å². The predicted octanol–water partition coefficient (Wildman–Crippen LogP) is 3.29. The number of nitrogens with zero attached hydrogens (tertiary/aromatic N) is 3. The van der Waals surface area contributed by atoms with Crippen LogP contribution in [0.5, 0.6) is 5.75 Å². The first-order chi connectivity index (χ1) is 16.4. The number of hydrogen-bond acceptors (Lipinski definition) is 5. The van der Waals surface area contributed by atoms with Crippen molar-refractivity contribution in [3.63, 3.8) is 0 Å². The van der Waals surface area contributed by atoms with Gasteiger partial charge in [-0.05, 0) is 62.7 Å². The van der Waals surface area contributed by atoms with Gasteiger partial charge in [-0.1, -0.05) is 12.1 Å². The normalized spacial score (nSPS) is 14.9. The van der Waals surface area contributed by atoms with Crippen molar-refractivity contribution < 1.29 is 28.6 Å². The molecule has 0 aromatic heterocycles. The van der Waals surface area contributed by atoms with Crippen LogP contribution in [0.25, 0.3) is 0 Å². The summed E-state index contributed by atoms with van der Waals surface area (Å²) in [7, 11) is 1.53. The van der Waals surface area contributed by atoms with Gasteiger partial charge in [0.1, 0.15) is 23.2 Å². The van der Waals surface area contributed by atoms with Crippen LogP contribution >= 0.6 is 0 Å². The minimum absolute atomic E-state index is 0.110. The third-order valence-electron chi connectivity index (χ3n) is 5.77. The monoisotopic (exact) mass is 485 g/mol. The highest BCUT2D eigenvalue weighted by molar-refractivity contribution is 5.94. The smallest absolute Gasteiger partial charge is 0.410 e. The summed E-state index contributed by atoms with van der Waals surface area (Å²) < 4.78 is 18.7. The third-order valence-corrected chi connectivity index (χ3v) is 5.77. The van der Waals surface area contributed by atoms with Crippen LogP contribution in [0.15, 0.2) is 48.5 Å².